The minimum Gasteiger partial charge on any atom is -0.460 e. The Morgan fingerprint density at radius 3 is 2.08 bits per heavy atom. The quantitative estimate of drug-likeness (QED) is 0.494. The van der Waals surface area contributed by atoms with E-state index in [2.05, 4.69) is 6.92 Å². The largest absolute Gasteiger partial charge is 0.485 e. The maximum atomic E-state index is 11.9. The van der Waals surface area contributed by atoms with Crippen LogP contribution in [0.3, 0.4) is 0 Å². The second-order valence-electron chi connectivity index (χ2n) is 8.56. The van der Waals surface area contributed by atoms with E-state index in [1.54, 1.807) is 0 Å². The van der Waals surface area contributed by atoms with E-state index < -0.39 is 5.60 Å². The van der Waals surface area contributed by atoms with Gasteiger partial charge in [-0.15, -0.1) is 0 Å². The summed E-state index contributed by atoms with van der Waals surface area (Å²) in [5, 5.41) is 0. The second kappa shape index (κ2) is 8.20. The van der Waals surface area contributed by atoms with Gasteiger partial charge < -0.3 is 18.8 Å². The minimum absolute atomic E-state index is 0.0153. The lowest BCUT2D eigenvalue weighted by Crippen LogP contribution is -2.41. The van der Waals surface area contributed by atoms with Gasteiger partial charge in [0, 0.05) is 6.42 Å². The average Bonchev–Trinajstić information content (AvgIpc) is 2.59. The normalized spacial score (nSPS) is 20.9. The monoisotopic (exact) mass is 342 g/mol. The van der Waals surface area contributed by atoms with E-state index in [1.165, 1.54) is 0 Å². The van der Waals surface area contributed by atoms with E-state index in [0.717, 1.165) is 12.8 Å². The zero-order valence-corrected chi connectivity index (χ0v) is 16.7. The van der Waals surface area contributed by atoms with Crippen molar-refractivity contribution in [2.75, 3.05) is 6.51 Å². The molecule has 24 heavy (non-hydrogen) atoms. The molecule has 0 bridgehead atoms. The van der Waals surface area contributed by atoms with Gasteiger partial charge in [-0.1, -0.05) is 13.3 Å². The first-order chi connectivity index (χ1) is 10.9. The fraction of sp³-hybridized carbons (Fsp3) is 0.944. The summed E-state index contributed by atoms with van der Waals surface area (Å²) in [5.41, 5.74) is -1.14. The molecule has 0 amide bonds. The summed E-state index contributed by atoms with van der Waals surface area (Å²) in [5.74, 6) is -0.178. The van der Waals surface area contributed by atoms with Crippen molar-refractivity contribution in [2.24, 2.45) is 0 Å². The van der Waals surface area contributed by atoms with E-state index in [9.17, 15) is 4.79 Å². The molecule has 1 saturated heterocycles. The molecule has 0 aromatic heterocycles. The lowest BCUT2D eigenvalue weighted by Gasteiger charge is -2.32. The zero-order chi connectivity index (χ0) is 18.6. The van der Waals surface area contributed by atoms with Crippen LogP contribution >= 0.6 is 0 Å². The molecule has 1 rings (SSSR count). The molecule has 1 atom stereocenters. The molecule has 0 aliphatic carbocycles. The summed E-state index contributed by atoms with van der Waals surface area (Å²) in [6.45, 7) is 16.2. The Morgan fingerprint density at radius 2 is 1.62 bits per heavy atom. The highest BCUT2D eigenvalue weighted by Gasteiger charge is 2.51. The first-order valence-electron chi connectivity index (χ1n) is 9.05. The molecule has 0 aromatic carbocycles. The Kier molecular flexibility index (Phi) is 7.33. The summed E-state index contributed by atoms with van der Waals surface area (Å²) in [6.07, 6.45) is 2.94. The van der Waals surface area contributed by atoms with Gasteiger partial charge in [0.1, 0.15) is 5.60 Å². The van der Waals surface area contributed by atoms with Crippen LogP contribution in [0, 0.1) is 0 Å². The van der Waals surface area contributed by atoms with Crippen molar-refractivity contribution in [2.45, 2.75) is 104 Å². The molecule has 0 aromatic rings. The predicted octanol–water partition coefficient (Wildman–Crippen LogP) is 3.93. The van der Waals surface area contributed by atoms with Gasteiger partial charge in [-0.2, -0.15) is 0 Å². The third-order valence-corrected chi connectivity index (χ3v) is 4.47. The van der Waals surface area contributed by atoms with Crippen molar-refractivity contribution >= 4 is 13.1 Å². The average molecular weight is 342 g/mol. The van der Waals surface area contributed by atoms with E-state index >= 15 is 0 Å². The molecule has 140 valence electrons. The molecule has 1 aliphatic rings. The van der Waals surface area contributed by atoms with Crippen LogP contribution in [-0.2, 0) is 23.6 Å². The Bertz CT molecular complexity index is 398. The topological polar surface area (TPSA) is 54.0 Å². The highest BCUT2D eigenvalue weighted by Crippen LogP contribution is 2.36. The van der Waals surface area contributed by atoms with Gasteiger partial charge >= 0.3 is 13.1 Å². The molecular weight excluding hydrogens is 307 g/mol. The Labute approximate surface area is 147 Å². The maximum absolute atomic E-state index is 11.9. The Balaban J connectivity index is 2.43. The van der Waals surface area contributed by atoms with Crippen molar-refractivity contribution in [1.82, 2.24) is 0 Å². The van der Waals surface area contributed by atoms with Gasteiger partial charge in [0.05, 0.1) is 23.8 Å². The van der Waals surface area contributed by atoms with Crippen LogP contribution in [0.25, 0.3) is 0 Å². The highest BCUT2D eigenvalue weighted by molar-refractivity contribution is 6.45. The van der Waals surface area contributed by atoms with Crippen LogP contribution in [0.2, 0.25) is 0 Å². The van der Waals surface area contributed by atoms with Crippen molar-refractivity contribution < 1.29 is 23.6 Å². The van der Waals surface area contributed by atoms with E-state index in [1.807, 2.05) is 48.5 Å². The van der Waals surface area contributed by atoms with Gasteiger partial charge in [0.15, 0.2) is 0 Å². The Morgan fingerprint density at radius 1 is 1.08 bits per heavy atom. The summed E-state index contributed by atoms with van der Waals surface area (Å²) in [4.78, 5) is 11.9. The van der Waals surface area contributed by atoms with E-state index in [4.69, 9.17) is 18.8 Å². The van der Waals surface area contributed by atoms with Crippen molar-refractivity contribution in [3.8, 4) is 0 Å². The SMILES string of the molecule is CCC[C@H](CCC(=O)OC(C)(C)C)OCB1OC(C)(C)C(C)(C)O1. The van der Waals surface area contributed by atoms with Crippen LogP contribution in [0.5, 0.6) is 0 Å². The molecule has 1 fully saturated rings. The van der Waals surface area contributed by atoms with Crippen LogP contribution in [0.1, 0.15) is 81.1 Å². The molecule has 1 aliphatic heterocycles. The highest BCUT2D eigenvalue weighted by atomic mass is 16.7. The fourth-order valence-electron chi connectivity index (χ4n) is 2.55. The van der Waals surface area contributed by atoms with Gasteiger partial charge in [-0.25, -0.2) is 0 Å². The van der Waals surface area contributed by atoms with E-state index in [0.29, 0.717) is 19.3 Å². The molecular formula is C18H35BO5. The molecule has 1 heterocycles. The predicted molar refractivity (Wildman–Crippen MR) is 95.8 cm³/mol. The smallest absolute Gasteiger partial charge is 0.460 e. The number of ether oxygens (including phenoxy) is 2. The van der Waals surface area contributed by atoms with Crippen LogP contribution in [0.15, 0.2) is 0 Å². The van der Waals surface area contributed by atoms with Gasteiger partial charge in [0.25, 0.3) is 0 Å². The lowest BCUT2D eigenvalue weighted by atomic mass is 9.90. The molecule has 0 saturated carbocycles. The second-order valence-corrected chi connectivity index (χ2v) is 8.56. The summed E-state index contributed by atoms with van der Waals surface area (Å²) in [6, 6.07) is 0. The molecule has 0 N–H and O–H groups in total. The van der Waals surface area contributed by atoms with Gasteiger partial charge in [0.2, 0.25) is 0 Å². The number of esters is 1. The zero-order valence-electron chi connectivity index (χ0n) is 16.7. The number of carbonyl (C=O) groups is 1. The standard InChI is InChI=1S/C18H35BO5/c1-9-10-14(11-12-15(20)22-16(2,3)4)21-13-19-23-17(5,6)18(7,8)24-19/h14H,9-13H2,1-8H3/t14-/m1/s1. The third kappa shape index (κ3) is 6.73. The molecule has 6 heteroatoms. The lowest BCUT2D eigenvalue weighted by molar-refractivity contribution is -0.155. The molecule has 5 nitrogen and oxygen atoms in total. The number of hydrogen-bond donors (Lipinski definition) is 0. The van der Waals surface area contributed by atoms with Crippen molar-refractivity contribution in [3.05, 3.63) is 0 Å². The summed E-state index contributed by atoms with van der Waals surface area (Å²) in [7, 11) is -0.365. The number of hydrogen-bond acceptors (Lipinski definition) is 5. The van der Waals surface area contributed by atoms with E-state index in [-0.39, 0.29) is 30.4 Å². The summed E-state index contributed by atoms with van der Waals surface area (Å²) < 4.78 is 23.2. The molecule has 0 spiro atoms. The first-order valence-corrected chi connectivity index (χ1v) is 9.05. The van der Waals surface area contributed by atoms with Crippen molar-refractivity contribution in [3.63, 3.8) is 0 Å². The minimum atomic E-state index is -0.444. The number of rotatable bonds is 8. The number of carbonyl (C=O) groups excluding carboxylic acids is 1. The summed E-state index contributed by atoms with van der Waals surface area (Å²) >= 11 is 0. The van der Waals surface area contributed by atoms with Crippen LogP contribution in [-0.4, -0.2) is 42.5 Å². The third-order valence-electron chi connectivity index (χ3n) is 4.47. The first kappa shape index (κ1) is 21.5. The van der Waals surface area contributed by atoms with Crippen molar-refractivity contribution in [1.29, 1.82) is 0 Å². The van der Waals surface area contributed by atoms with Crippen LogP contribution in [0.4, 0.5) is 0 Å². The van der Waals surface area contributed by atoms with Gasteiger partial charge in [-0.05, 0) is 61.3 Å². The molecule has 0 unspecified atom stereocenters. The fourth-order valence-corrected chi connectivity index (χ4v) is 2.55. The maximum Gasteiger partial charge on any atom is 0.485 e. The molecule has 0 radical (unpaired) electrons. The van der Waals surface area contributed by atoms with Crippen LogP contribution < -0.4 is 0 Å². The Hall–Kier alpha value is -0.585. The van der Waals surface area contributed by atoms with Gasteiger partial charge in [-0.3, -0.25) is 4.79 Å².